The molecular formula is C17H20N2O4S. The molecule has 0 radical (unpaired) electrons. The maximum absolute atomic E-state index is 11.9. The maximum atomic E-state index is 11.9. The molecule has 0 aliphatic heterocycles. The lowest BCUT2D eigenvalue weighted by Gasteiger charge is -2.04. The summed E-state index contributed by atoms with van der Waals surface area (Å²) in [6, 6.07) is 8.05. The SMILES string of the molecule is CCc1ccc(-c2nc(C(=O)OCC(=O)NCCOC)cs2)cc1. The first kappa shape index (κ1) is 18.1. The number of carbonyl (C=O) groups is 2. The number of esters is 1. The average molecular weight is 348 g/mol. The van der Waals surface area contributed by atoms with Crippen LogP contribution in [0.2, 0.25) is 0 Å². The van der Waals surface area contributed by atoms with Crippen LogP contribution in [0.15, 0.2) is 29.6 Å². The van der Waals surface area contributed by atoms with Crippen LogP contribution in [0.25, 0.3) is 10.6 Å². The van der Waals surface area contributed by atoms with Crippen LogP contribution in [0.3, 0.4) is 0 Å². The van der Waals surface area contributed by atoms with Crippen molar-refractivity contribution in [2.45, 2.75) is 13.3 Å². The first-order valence-electron chi connectivity index (χ1n) is 7.61. The third-order valence-corrected chi connectivity index (χ3v) is 4.18. The highest BCUT2D eigenvalue weighted by Gasteiger charge is 2.14. The Labute approximate surface area is 144 Å². The van der Waals surface area contributed by atoms with Gasteiger partial charge in [-0.1, -0.05) is 31.2 Å². The summed E-state index contributed by atoms with van der Waals surface area (Å²) < 4.78 is 9.77. The highest BCUT2D eigenvalue weighted by atomic mass is 32.1. The number of amides is 1. The summed E-state index contributed by atoms with van der Waals surface area (Å²) in [6.45, 7) is 2.55. The summed E-state index contributed by atoms with van der Waals surface area (Å²) in [6.07, 6.45) is 0.974. The van der Waals surface area contributed by atoms with E-state index in [2.05, 4.69) is 17.2 Å². The molecule has 0 saturated carbocycles. The molecule has 1 aromatic heterocycles. The van der Waals surface area contributed by atoms with Gasteiger partial charge in [0.1, 0.15) is 5.01 Å². The van der Waals surface area contributed by atoms with E-state index in [-0.39, 0.29) is 18.2 Å². The molecule has 128 valence electrons. The minimum Gasteiger partial charge on any atom is -0.451 e. The van der Waals surface area contributed by atoms with Crippen LogP contribution in [0, 0.1) is 0 Å². The van der Waals surface area contributed by atoms with Crippen molar-refractivity contribution < 1.29 is 19.1 Å². The highest BCUT2D eigenvalue weighted by Crippen LogP contribution is 2.24. The molecule has 1 aromatic carbocycles. The molecule has 0 aliphatic carbocycles. The van der Waals surface area contributed by atoms with Crippen LogP contribution in [0.5, 0.6) is 0 Å². The molecular weight excluding hydrogens is 328 g/mol. The van der Waals surface area contributed by atoms with Crippen LogP contribution in [0.4, 0.5) is 0 Å². The van der Waals surface area contributed by atoms with Gasteiger partial charge in [0.2, 0.25) is 0 Å². The number of hydrogen-bond acceptors (Lipinski definition) is 6. The Kier molecular flexibility index (Phi) is 6.89. The molecule has 0 atom stereocenters. The summed E-state index contributed by atoms with van der Waals surface area (Å²) >= 11 is 1.37. The number of nitrogens with one attached hydrogen (secondary N) is 1. The van der Waals surface area contributed by atoms with E-state index >= 15 is 0 Å². The molecule has 0 saturated heterocycles. The second-order valence-corrected chi connectivity index (χ2v) is 5.87. The Morgan fingerprint density at radius 3 is 2.67 bits per heavy atom. The number of carbonyl (C=O) groups excluding carboxylic acids is 2. The van der Waals surface area contributed by atoms with Crippen molar-refractivity contribution in [1.29, 1.82) is 0 Å². The molecule has 1 heterocycles. The van der Waals surface area contributed by atoms with E-state index in [1.807, 2.05) is 24.3 Å². The van der Waals surface area contributed by atoms with E-state index in [9.17, 15) is 9.59 Å². The smallest absolute Gasteiger partial charge is 0.358 e. The maximum Gasteiger partial charge on any atom is 0.358 e. The molecule has 0 aliphatic rings. The van der Waals surface area contributed by atoms with E-state index in [4.69, 9.17) is 9.47 Å². The molecule has 0 fully saturated rings. The van der Waals surface area contributed by atoms with Crippen LogP contribution in [-0.2, 0) is 20.7 Å². The molecule has 7 heteroatoms. The summed E-state index contributed by atoms with van der Waals surface area (Å²) in [5, 5.41) is 4.95. The van der Waals surface area contributed by atoms with Crippen molar-refractivity contribution in [2.75, 3.05) is 26.9 Å². The molecule has 0 unspecified atom stereocenters. The summed E-state index contributed by atoms with van der Waals surface area (Å²) in [5.41, 5.74) is 2.40. The van der Waals surface area contributed by atoms with E-state index in [0.717, 1.165) is 17.0 Å². The minimum absolute atomic E-state index is 0.208. The summed E-state index contributed by atoms with van der Waals surface area (Å²) in [4.78, 5) is 27.7. The second-order valence-electron chi connectivity index (χ2n) is 5.01. The highest BCUT2D eigenvalue weighted by molar-refractivity contribution is 7.13. The Hall–Kier alpha value is -2.25. The Morgan fingerprint density at radius 1 is 1.25 bits per heavy atom. The topological polar surface area (TPSA) is 77.5 Å². The minimum atomic E-state index is -0.607. The molecule has 0 bridgehead atoms. The van der Waals surface area contributed by atoms with Crippen LogP contribution in [0.1, 0.15) is 23.0 Å². The third-order valence-electron chi connectivity index (χ3n) is 3.29. The zero-order valence-corrected chi connectivity index (χ0v) is 14.5. The first-order valence-corrected chi connectivity index (χ1v) is 8.49. The van der Waals surface area contributed by atoms with Crippen LogP contribution >= 0.6 is 11.3 Å². The predicted molar refractivity (Wildman–Crippen MR) is 92.1 cm³/mol. The summed E-state index contributed by atoms with van der Waals surface area (Å²) in [5.74, 6) is -0.976. The number of thiazole rings is 1. The Morgan fingerprint density at radius 2 is 2.00 bits per heavy atom. The fourth-order valence-corrected chi connectivity index (χ4v) is 2.73. The van der Waals surface area contributed by atoms with E-state index in [1.165, 1.54) is 16.9 Å². The quantitative estimate of drug-likeness (QED) is 0.585. The van der Waals surface area contributed by atoms with Crippen molar-refractivity contribution >= 4 is 23.2 Å². The van der Waals surface area contributed by atoms with Gasteiger partial charge in [-0.25, -0.2) is 9.78 Å². The van der Waals surface area contributed by atoms with Gasteiger partial charge in [-0.2, -0.15) is 0 Å². The fraction of sp³-hybridized carbons (Fsp3) is 0.353. The zero-order chi connectivity index (χ0) is 17.4. The second kappa shape index (κ2) is 9.14. The lowest BCUT2D eigenvalue weighted by atomic mass is 10.1. The zero-order valence-electron chi connectivity index (χ0n) is 13.7. The standard InChI is InChI=1S/C17H20N2O4S/c1-3-12-4-6-13(7-5-12)16-19-14(11-24-16)17(21)23-10-15(20)18-8-9-22-2/h4-7,11H,3,8-10H2,1-2H3,(H,18,20). The lowest BCUT2D eigenvalue weighted by molar-refractivity contribution is -0.124. The summed E-state index contributed by atoms with van der Waals surface area (Å²) in [7, 11) is 1.54. The largest absolute Gasteiger partial charge is 0.451 e. The lowest BCUT2D eigenvalue weighted by Crippen LogP contribution is -2.31. The number of methoxy groups -OCH3 is 1. The number of ether oxygens (including phenoxy) is 2. The Balaban J connectivity index is 1.89. The molecule has 1 amide bonds. The van der Waals surface area contributed by atoms with Crippen molar-refractivity contribution in [3.63, 3.8) is 0 Å². The molecule has 1 N–H and O–H groups in total. The fourth-order valence-electron chi connectivity index (χ4n) is 1.93. The van der Waals surface area contributed by atoms with Gasteiger partial charge in [0, 0.05) is 24.6 Å². The molecule has 2 aromatic rings. The van der Waals surface area contributed by atoms with Gasteiger partial charge in [-0.3, -0.25) is 4.79 Å². The third kappa shape index (κ3) is 5.14. The van der Waals surface area contributed by atoms with Gasteiger partial charge in [0.15, 0.2) is 12.3 Å². The predicted octanol–water partition coefficient (Wildman–Crippen LogP) is 2.29. The van der Waals surface area contributed by atoms with Gasteiger partial charge in [-0.05, 0) is 12.0 Å². The first-order chi connectivity index (χ1) is 11.6. The number of hydrogen-bond donors (Lipinski definition) is 1. The molecule has 0 spiro atoms. The van der Waals surface area contributed by atoms with Crippen molar-refractivity contribution in [3.05, 3.63) is 40.9 Å². The van der Waals surface area contributed by atoms with Gasteiger partial charge >= 0.3 is 5.97 Å². The number of nitrogens with zero attached hydrogens (tertiary/aromatic N) is 1. The van der Waals surface area contributed by atoms with Gasteiger partial charge < -0.3 is 14.8 Å². The molecule has 24 heavy (non-hydrogen) atoms. The number of aromatic nitrogens is 1. The molecule has 6 nitrogen and oxygen atoms in total. The van der Waals surface area contributed by atoms with Gasteiger partial charge in [0.05, 0.1) is 6.61 Å². The normalized spacial score (nSPS) is 10.4. The molecule has 2 rings (SSSR count). The van der Waals surface area contributed by atoms with E-state index in [0.29, 0.717) is 13.2 Å². The number of benzene rings is 1. The van der Waals surface area contributed by atoms with E-state index in [1.54, 1.807) is 12.5 Å². The van der Waals surface area contributed by atoms with Crippen molar-refractivity contribution in [1.82, 2.24) is 10.3 Å². The van der Waals surface area contributed by atoms with Crippen molar-refractivity contribution in [2.24, 2.45) is 0 Å². The Bertz CT molecular complexity index is 682. The average Bonchev–Trinajstić information content (AvgIpc) is 3.10. The van der Waals surface area contributed by atoms with Crippen LogP contribution in [-0.4, -0.2) is 43.7 Å². The van der Waals surface area contributed by atoms with Gasteiger partial charge in [-0.15, -0.1) is 11.3 Å². The number of rotatable bonds is 8. The monoisotopic (exact) mass is 348 g/mol. The van der Waals surface area contributed by atoms with Crippen molar-refractivity contribution in [3.8, 4) is 10.6 Å². The van der Waals surface area contributed by atoms with Gasteiger partial charge in [0.25, 0.3) is 5.91 Å². The van der Waals surface area contributed by atoms with Crippen LogP contribution < -0.4 is 5.32 Å². The van der Waals surface area contributed by atoms with E-state index < -0.39 is 5.97 Å². The number of aryl methyl sites for hydroxylation is 1.